The second-order valence-corrected chi connectivity index (χ2v) is 7.99. The second kappa shape index (κ2) is 7.94. The van der Waals surface area contributed by atoms with Gasteiger partial charge in [0, 0.05) is 0 Å². The van der Waals surface area contributed by atoms with E-state index in [1.807, 2.05) is 26.8 Å². The molecule has 1 aliphatic rings. The Labute approximate surface area is 173 Å². The van der Waals surface area contributed by atoms with Crippen molar-refractivity contribution >= 4 is 41.0 Å². The summed E-state index contributed by atoms with van der Waals surface area (Å²) in [6.45, 7) is 5.68. The van der Waals surface area contributed by atoms with Crippen LogP contribution in [0.1, 0.15) is 46.5 Å². The fourth-order valence-corrected chi connectivity index (χ4v) is 3.48. The summed E-state index contributed by atoms with van der Waals surface area (Å²) < 4.78 is 5.48. The summed E-state index contributed by atoms with van der Waals surface area (Å²) in [6, 6.07) is 8.67. The van der Waals surface area contributed by atoms with Gasteiger partial charge >= 0.3 is 5.97 Å². The lowest BCUT2D eigenvalue weighted by molar-refractivity contribution is -0.139. The van der Waals surface area contributed by atoms with E-state index >= 15 is 0 Å². The second-order valence-electron chi connectivity index (χ2n) is 7.18. The topological polar surface area (TPSA) is 63.7 Å². The first-order valence-corrected chi connectivity index (χ1v) is 9.60. The Morgan fingerprint density at radius 3 is 2.11 bits per heavy atom. The van der Waals surface area contributed by atoms with Crippen molar-refractivity contribution in [3.63, 3.8) is 0 Å². The number of esters is 1. The van der Waals surface area contributed by atoms with Crippen LogP contribution in [0.4, 0.5) is 0 Å². The summed E-state index contributed by atoms with van der Waals surface area (Å²) in [6.07, 6.45) is 0.275. The van der Waals surface area contributed by atoms with Crippen LogP contribution < -0.4 is 4.74 Å². The molecule has 28 heavy (non-hydrogen) atoms. The lowest BCUT2D eigenvalue weighted by atomic mass is 10.0. The van der Waals surface area contributed by atoms with Crippen LogP contribution >= 0.6 is 23.2 Å². The Balaban J connectivity index is 1.94. The molecule has 7 heteroatoms. The van der Waals surface area contributed by atoms with Gasteiger partial charge < -0.3 is 4.74 Å². The number of aryl methyl sites for hydroxylation is 1. The van der Waals surface area contributed by atoms with E-state index in [0.717, 1.165) is 10.5 Å². The molecule has 1 heterocycles. The molecule has 1 atom stereocenters. The van der Waals surface area contributed by atoms with Crippen LogP contribution in [-0.4, -0.2) is 28.7 Å². The van der Waals surface area contributed by atoms with Crippen LogP contribution in [0.5, 0.6) is 5.75 Å². The van der Waals surface area contributed by atoms with Crippen molar-refractivity contribution in [3.05, 3.63) is 63.1 Å². The molecule has 1 aliphatic heterocycles. The van der Waals surface area contributed by atoms with Gasteiger partial charge in [-0.3, -0.25) is 14.5 Å². The molecular weight excluding hydrogens is 401 g/mol. The summed E-state index contributed by atoms with van der Waals surface area (Å²) in [5, 5.41) is 0.345. The molecule has 2 aromatic carbocycles. The van der Waals surface area contributed by atoms with Crippen molar-refractivity contribution in [1.29, 1.82) is 0 Å². The summed E-state index contributed by atoms with van der Waals surface area (Å²) >= 11 is 12.0. The Kier molecular flexibility index (Phi) is 5.77. The number of rotatable bonds is 5. The smallest absolute Gasteiger partial charge is 0.334 e. The maximum absolute atomic E-state index is 12.9. The summed E-state index contributed by atoms with van der Waals surface area (Å²) in [5.41, 5.74) is 1.20. The van der Waals surface area contributed by atoms with E-state index in [-0.39, 0.29) is 33.5 Å². The lowest BCUT2D eigenvalue weighted by Gasteiger charge is -2.25. The molecule has 3 rings (SSSR count). The summed E-state index contributed by atoms with van der Waals surface area (Å²) in [4.78, 5) is 39.7. The summed E-state index contributed by atoms with van der Waals surface area (Å²) in [7, 11) is 0. The van der Waals surface area contributed by atoms with E-state index < -0.39 is 23.8 Å². The minimum absolute atomic E-state index is 0.0477. The molecule has 2 amide bonds. The number of hydrogen-bond acceptors (Lipinski definition) is 4. The van der Waals surface area contributed by atoms with Crippen molar-refractivity contribution in [2.45, 2.75) is 33.2 Å². The van der Waals surface area contributed by atoms with Crippen LogP contribution in [0.15, 0.2) is 36.4 Å². The molecule has 2 aromatic rings. The molecule has 1 unspecified atom stereocenters. The zero-order chi connectivity index (χ0) is 20.6. The number of fused-ring (bicyclic) bond motifs is 1. The van der Waals surface area contributed by atoms with Crippen molar-refractivity contribution in [3.8, 4) is 5.75 Å². The van der Waals surface area contributed by atoms with Crippen molar-refractivity contribution in [2.75, 3.05) is 0 Å². The fourth-order valence-electron chi connectivity index (χ4n) is 3.15. The van der Waals surface area contributed by atoms with Gasteiger partial charge in [0.25, 0.3) is 11.8 Å². The number of ether oxygens (including phenoxy) is 1. The number of benzene rings is 2. The van der Waals surface area contributed by atoms with Crippen LogP contribution in [-0.2, 0) is 4.79 Å². The molecule has 0 radical (unpaired) electrons. The molecule has 0 saturated carbocycles. The van der Waals surface area contributed by atoms with E-state index in [1.165, 1.54) is 12.1 Å². The zero-order valence-electron chi connectivity index (χ0n) is 15.7. The molecule has 146 valence electrons. The van der Waals surface area contributed by atoms with Gasteiger partial charge in [0.1, 0.15) is 11.8 Å². The number of amides is 2. The number of hydrogen-bond donors (Lipinski definition) is 0. The number of carbonyl (C=O) groups is 3. The maximum Gasteiger partial charge on any atom is 0.334 e. The van der Waals surface area contributed by atoms with Gasteiger partial charge in [-0.15, -0.1) is 0 Å². The van der Waals surface area contributed by atoms with Crippen LogP contribution in [0.25, 0.3) is 0 Å². The Morgan fingerprint density at radius 2 is 1.61 bits per heavy atom. The average Bonchev–Trinajstić information content (AvgIpc) is 2.84. The van der Waals surface area contributed by atoms with Crippen molar-refractivity contribution in [1.82, 2.24) is 4.90 Å². The monoisotopic (exact) mass is 419 g/mol. The van der Waals surface area contributed by atoms with Gasteiger partial charge in [0.15, 0.2) is 0 Å². The minimum Gasteiger partial charge on any atom is -0.425 e. The van der Waals surface area contributed by atoms with E-state index in [0.29, 0.717) is 5.75 Å². The third-order valence-corrected chi connectivity index (χ3v) is 5.17. The van der Waals surface area contributed by atoms with Gasteiger partial charge in [-0.25, -0.2) is 4.79 Å². The van der Waals surface area contributed by atoms with Crippen LogP contribution in [0.2, 0.25) is 10.0 Å². The molecule has 5 nitrogen and oxygen atoms in total. The van der Waals surface area contributed by atoms with Gasteiger partial charge in [-0.05, 0) is 49.1 Å². The highest BCUT2D eigenvalue weighted by atomic mass is 35.5. The lowest BCUT2D eigenvalue weighted by Crippen LogP contribution is -2.47. The maximum atomic E-state index is 12.9. The zero-order valence-corrected chi connectivity index (χ0v) is 17.2. The fraction of sp³-hybridized carbons (Fsp3) is 0.286. The third-order valence-electron chi connectivity index (χ3n) is 4.45. The Bertz CT molecular complexity index is 930. The average molecular weight is 420 g/mol. The quantitative estimate of drug-likeness (QED) is 0.392. The minimum atomic E-state index is -1.05. The highest BCUT2D eigenvalue weighted by Gasteiger charge is 2.44. The van der Waals surface area contributed by atoms with E-state index in [4.69, 9.17) is 27.9 Å². The predicted molar refractivity (Wildman–Crippen MR) is 107 cm³/mol. The van der Waals surface area contributed by atoms with E-state index in [2.05, 4.69) is 0 Å². The molecule has 0 saturated heterocycles. The molecule has 0 N–H and O–H groups in total. The van der Waals surface area contributed by atoms with Crippen LogP contribution in [0, 0.1) is 12.8 Å². The van der Waals surface area contributed by atoms with Crippen LogP contribution in [0.3, 0.4) is 0 Å². The molecule has 0 aromatic heterocycles. The number of halogens is 2. The van der Waals surface area contributed by atoms with Crippen molar-refractivity contribution in [2.24, 2.45) is 5.92 Å². The third kappa shape index (κ3) is 3.91. The largest absolute Gasteiger partial charge is 0.425 e. The predicted octanol–water partition coefficient (Wildman–Crippen LogP) is 4.92. The van der Waals surface area contributed by atoms with Crippen molar-refractivity contribution < 1.29 is 19.1 Å². The van der Waals surface area contributed by atoms with Gasteiger partial charge in [0.05, 0.1) is 21.2 Å². The first kappa shape index (κ1) is 20.4. The highest BCUT2D eigenvalue weighted by Crippen LogP contribution is 2.33. The normalized spacial score (nSPS) is 14.4. The molecule has 0 spiro atoms. The number of nitrogens with zero attached hydrogens (tertiary/aromatic N) is 1. The number of carbonyl (C=O) groups excluding carboxylic acids is 3. The van der Waals surface area contributed by atoms with Gasteiger partial charge in [-0.1, -0.05) is 49.2 Å². The SMILES string of the molecule is Cc1cccc(OC(=O)C(CC(C)C)N2C(=O)c3cc(Cl)c(Cl)cc3C2=O)c1. The Morgan fingerprint density at radius 1 is 1.04 bits per heavy atom. The van der Waals surface area contributed by atoms with E-state index in [9.17, 15) is 14.4 Å². The van der Waals surface area contributed by atoms with E-state index in [1.54, 1.807) is 18.2 Å². The summed E-state index contributed by atoms with van der Waals surface area (Å²) in [5.74, 6) is -1.41. The number of imide groups is 1. The molecular formula is C21H19Cl2NO4. The Hall–Kier alpha value is -2.37. The first-order chi connectivity index (χ1) is 13.2. The first-order valence-electron chi connectivity index (χ1n) is 8.84. The highest BCUT2D eigenvalue weighted by molar-refractivity contribution is 6.43. The standard InChI is InChI=1S/C21H19Cl2NO4/c1-11(2)7-18(21(27)28-13-6-4-5-12(3)8-13)24-19(25)14-9-16(22)17(23)10-15(14)20(24)26/h4-6,8-11,18H,7H2,1-3H3. The molecule has 0 bridgehead atoms. The van der Waals surface area contributed by atoms with Gasteiger partial charge in [0.2, 0.25) is 0 Å². The molecule has 0 aliphatic carbocycles. The van der Waals surface area contributed by atoms with Gasteiger partial charge in [-0.2, -0.15) is 0 Å². The molecule has 0 fully saturated rings.